The van der Waals surface area contributed by atoms with Gasteiger partial charge >= 0.3 is 0 Å². The molecule has 0 atom stereocenters. The van der Waals surface area contributed by atoms with Gasteiger partial charge in [0.15, 0.2) is 5.84 Å². The number of rotatable bonds is 3. The molecule has 1 aromatic carbocycles. The first-order chi connectivity index (χ1) is 9.04. The largest absolute Gasteiger partial charge is 0.438 e. The van der Waals surface area contributed by atoms with Crippen molar-refractivity contribution in [2.75, 3.05) is 0 Å². The maximum absolute atomic E-state index is 8.84. The summed E-state index contributed by atoms with van der Waals surface area (Å²) in [6, 6.07) is 7.62. The number of nitrogens with zero attached hydrogens (tertiary/aromatic N) is 3. The van der Waals surface area contributed by atoms with Crippen molar-refractivity contribution in [1.29, 1.82) is 0 Å². The van der Waals surface area contributed by atoms with Crippen LogP contribution in [0.1, 0.15) is 16.8 Å². The van der Waals surface area contributed by atoms with Crippen molar-refractivity contribution in [1.82, 2.24) is 9.78 Å². The van der Waals surface area contributed by atoms with Gasteiger partial charge in [0.25, 0.3) is 0 Å². The van der Waals surface area contributed by atoms with Crippen molar-refractivity contribution in [3.05, 3.63) is 41.1 Å². The predicted molar refractivity (Wildman–Crippen MR) is 71.7 cm³/mol. The summed E-state index contributed by atoms with van der Waals surface area (Å²) in [6.45, 7) is 3.72. The van der Waals surface area contributed by atoms with E-state index in [2.05, 4.69) is 10.3 Å². The number of benzene rings is 1. The molecule has 100 valence electrons. The summed E-state index contributed by atoms with van der Waals surface area (Å²) in [5.41, 5.74) is 7.79. The van der Waals surface area contributed by atoms with Crippen molar-refractivity contribution < 1.29 is 9.94 Å². The topological polar surface area (TPSA) is 85.7 Å². The average molecular weight is 260 g/mol. The molecule has 0 aliphatic carbocycles. The second-order valence-electron chi connectivity index (χ2n) is 4.24. The lowest BCUT2D eigenvalue weighted by Gasteiger charge is -2.10. The summed E-state index contributed by atoms with van der Waals surface area (Å²) in [5.74, 6) is 1.13. The molecule has 2 rings (SSSR count). The molecule has 0 spiro atoms. The lowest BCUT2D eigenvalue weighted by atomic mass is 10.2. The molecule has 1 aromatic heterocycles. The Labute approximate surface area is 111 Å². The van der Waals surface area contributed by atoms with Crippen molar-refractivity contribution in [3.63, 3.8) is 0 Å². The Morgan fingerprint density at radius 1 is 1.37 bits per heavy atom. The number of amidine groups is 1. The van der Waals surface area contributed by atoms with Crippen molar-refractivity contribution in [2.45, 2.75) is 13.8 Å². The highest BCUT2D eigenvalue weighted by molar-refractivity contribution is 6.00. The highest BCUT2D eigenvalue weighted by Gasteiger charge is 2.19. The fourth-order valence-electron chi connectivity index (χ4n) is 1.87. The first-order valence-electron chi connectivity index (χ1n) is 5.79. The third kappa shape index (κ3) is 2.37. The van der Waals surface area contributed by atoms with E-state index in [0.717, 1.165) is 5.56 Å². The van der Waals surface area contributed by atoms with Crippen LogP contribution in [0.5, 0.6) is 11.6 Å². The standard InChI is InChI=1S/C13H16N4O2/c1-8-6-4-5-7-10(8)19-13-11(12(14)16-18)9(2)15-17(13)3/h4-7,18H,1-3H3,(H2,14,16). The summed E-state index contributed by atoms with van der Waals surface area (Å²) in [7, 11) is 1.74. The summed E-state index contributed by atoms with van der Waals surface area (Å²) < 4.78 is 7.41. The minimum atomic E-state index is -0.0193. The van der Waals surface area contributed by atoms with Gasteiger partial charge in [-0.15, -0.1) is 0 Å². The third-order valence-corrected chi connectivity index (χ3v) is 2.83. The van der Waals surface area contributed by atoms with Crippen molar-refractivity contribution in [3.8, 4) is 11.6 Å². The zero-order chi connectivity index (χ0) is 14.0. The van der Waals surface area contributed by atoms with Crippen LogP contribution in [0.15, 0.2) is 29.4 Å². The Morgan fingerprint density at radius 3 is 2.68 bits per heavy atom. The van der Waals surface area contributed by atoms with Gasteiger partial charge in [-0.3, -0.25) is 0 Å². The zero-order valence-electron chi connectivity index (χ0n) is 11.1. The first-order valence-corrected chi connectivity index (χ1v) is 5.79. The van der Waals surface area contributed by atoms with Crippen LogP contribution in [0.4, 0.5) is 0 Å². The van der Waals surface area contributed by atoms with Gasteiger partial charge in [0.2, 0.25) is 5.88 Å². The van der Waals surface area contributed by atoms with E-state index in [1.54, 1.807) is 18.7 Å². The highest BCUT2D eigenvalue weighted by atomic mass is 16.5. The Hall–Kier alpha value is -2.50. The normalized spacial score (nSPS) is 11.6. The number of nitrogens with two attached hydrogens (primary N) is 1. The molecule has 3 N–H and O–H groups in total. The van der Waals surface area contributed by atoms with E-state index >= 15 is 0 Å². The molecule has 6 nitrogen and oxygen atoms in total. The predicted octanol–water partition coefficient (Wildman–Crippen LogP) is 1.92. The van der Waals surface area contributed by atoms with E-state index < -0.39 is 0 Å². The van der Waals surface area contributed by atoms with Gasteiger partial charge in [-0.05, 0) is 25.5 Å². The minimum Gasteiger partial charge on any atom is -0.438 e. The maximum Gasteiger partial charge on any atom is 0.229 e. The number of oxime groups is 1. The van der Waals surface area contributed by atoms with Gasteiger partial charge in [-0.1, -0.05) is 23.4 Å². The molecular weight excluding hydrogens is 244 g/mol. The van der Waals surface area contributed by atoms with E-state index in [1.807, 2.05) is 31.2 Å². The zero-order valence-corrected chi connectivity index (χ0v) is 11.1. The lowest BCUT2D eigenvalue weighted by Crippen LogP contribution is -2.15. The van der Waals surface area contributed by atoms with Crippen LogP contribution in [0, 0.1) is 13.8 Å². The second-order valence-corrected chi connectivity index (χ2v) is 4.24. The van der Waals surface area contributed by atoms with E-state index in [0.29, 0.717) is 22.9 Å². The number of hydrogen-bond acceptors (Lipinski definition) is 4. The Balaban J connectivity index is 2.49. The molecule has 0 aliphatic heterocycles. The van der Waals surface area contributed by atoms with Gasteiger partial charge in [-0.25, -0.2) is 4.68 Å². The fraction of sp³-hybridized carbons (Fsp3) is 0.231. The number of para-hydroxylation sites is 1. The van der Waals surface area contributed by atoms with E-state index in [9.17, 15) is 0 Å². The average Bonchev–Trinajstić information content (AvgIpc) is 2.66. The molecule has 0 radical (unpaired) electrons. The quantitative estimate of drug-likeness (QED) is 0.382. The van der Waals surface area contributed by atoms with Crippen LogP contribution in [0.3, 0.4) is 0 Å². The number of hydrogen-bond donors (Lipinski definition) is 2. The number of ether oxygens (including phenoxy) is 1. The lowest BCUT2D eigenvalue weighted by molar-refractivity contribution is 0.318. The molecule has 1 heterocycles. The second kappa shape index (κ2) is 5.01. The van der Waals surface area contributed by atoms with Gasteiger partial charge in [0.1, 0.15) is 11.3 Å². The molecule has 0 saturated heterocycles. The first kappa shape index (κ1) is 12.9. The summed E-state index contributed by atoms with van der Waals surface area (Å²) in [4.78, 5) is 0. The molecule has 0 bridgehead atoms. The SMILES string of the molecule is Cc1ccccc1Oc1c(C(N)=NO)c(C)nn1C. The third-order valence-electron chi connectivity index (χ3n) is 2.83. The molecule has 6 heteroatoms. The molecule has 0 fully saturated rings. The minimum absolute atomic E-state index is 0.0193. The van der Waals surface area contributed by atoms with Crippen LogP contribution in [0.2, 0.25) is 0 Å². The molecule has 0 saturated carbocycles. The monoisotopic (exact) mass is 260 g/mol. The van der Waals surface area contributed by atoms with Gasteiger partial charge < -0.3 is 15.7 Å². The van der Waals surface area contributed by atoms with E-state index in [4.69, 9.17) is 15.7 Å². The van der Waals surface area contributed by atoms with E-state index in [-0.39, 0.29) is 5.84 Å². The fourth-order valence-corrected chi connectivity index (χ4v) is 1.87. The highest BCUT2D eigenvalue weighted by Crippen LogP contribution is 2.28. The summed E-state index contributed by atoms with van der Waals surface area (Å²) in [5, 5.41) is 16.1. The number of aryl methyl sites for hydroxylation is 3. The number of aromatic nitrogens is 2. The molecule has 2 aromatic rings. The van der Waals surface area contributed by atoms with Gasteiger partial charge in [0, 0.05) is 7.05 Å². The Bertz CT molecular complexity index is 632. The summed E-state index contributed by atoms with van der Waals surface area (Å²) in [6.07, 6.45) is 0. The van der Waals surface area contributed by atoms with Gasteiger partial charge in [-0.2, -0.15) is 5.10 Å². The van der Waals surface area contributed by atoms with Crippen molar-refractivity contribution in [2.24, 2.45) is 17.9 Å². The molecular formula is C13H16N4O2. The Kier molecular flexibility index (Phi) is 3.41. The smallest absolute Gasteiger partial charge is 0.229 e. The van der Waals surface area contributed by atoms with Crippen LogP contribution < -0.4 is 10.5 Å². The van der Waals surface area contributed by atoms with Crippen molar-refractivity contribution >= 4 is 5.84 Å². The Morgan fingerprint density at radius 2 is 2.05 bits per heavy atom. The molecule has 0 unspecified atom stereocenters. The van der Waals surface area contributed by atoms with Crippen LogP contribution >= 0.6 is 0 Å². The van der Waals surface area contributed by atoms with Crippen LogP contribution in [-0.2, 0) is 7.05 Å². The molecule has 19 heavy (non-hydrogen) atoms. The maximum atomic E-state index is 8.84. The van der Waals surface area contributed by atoms with E-state index in [1.165, 1.54) is 0 Å². The van der Waals surface area contributed by atoms with Gasteiger partial charge in [0.05, 0.1) is 5.69 Å². The molecule has 0 amide bonds. The summed E-state index contributed by atoms with van der Waals surface area (Å²) >= 11 is 0. The molecule has 0 aliphatic rings. The van der Waals surface area contributed by atoms with Crippen LogP contribution in [0.25, 0.3) is 0 Å². The van der Waals surface area contributed by atoms with Crippen LogP contribution in [-0.4, -0.2) is 20.8 Å².